The Morgan fingerprint density at radius 1 is 1.18 bits per heavy atom. The number of hydrogen-bond acceptors (Lipinski definition) is 2. The number of rotatable bonds is 0. The maximum Gasteiger partial charge on any atom is 0.0655 e. The van der Waals surface area contributed by atoms with Crippen LogP contribution in [0.3, 0.4) is 0 Å². The summed E-state index contributed by atoms with van der Waals surface area (Å²) in [5.74, 6) is 2.06. The number of nitrogens with one attached hydrogen (secondary N) is 1. The van der Waals surface area contributed by atoms with Crippen LogP contribution in [-0.4, -0.2) is 13.1 Å². The Morgan fingerprint density at radius 2 is 2.00 bits per heavy atom. The van der Waals surface area contributed by atoms with Crippen molar-refractivity contribution in [3.63, 3.8) is 0 Å². The van der Waals surface area contributed by atoms with Gasteiger partial charge in [-0.2, -0.15) is 5.26 Å². The molecule has 1 aliphatic heterocycles. The molecule has 1 aliphatic carbocycles. The van der Waals surface area contributed by atoms with Crippen LogP contribution in [0.25, 0.3) is 0 Å². The van der Waals surface area contributed by atoms with Gasteiger partial charge in [-0.15, -0.1) is 0 Å². The highest BCUT2D eigenvalue weighted by atomic mass is 14.9. The van der Waals surface area contributed by atoms with E-state index in [0.717, 1.165) is 31.2 Å². The Kier molecular flexibility index (Phi) is 1.83. The van der Waals surface area contributed by atoms with Gasteiger partial charge < -0.3 is 5.32 Å². The van der Waals surface area contributed by atoms with E-state index < -0.39 is 0 Å². The van der Waals surface area contributed by atoms with Gasteiger partial charge in [0.1, 0.15) is 0 Å². The molecule has 2 nitrogen and oxygen atoms in total. The Bertz CT molecular complexity index is 182. The van der Waals surface area contributed by atoms with Crippen LogP contribution in [0.1, 0.15) is 19.3 Å². The van der Waals surface area contributed by atoms with E-state index in [1.54, 1.807) is 0 Å². The average Bonchev–Trinajstić information content (AvgIpc) is 2.50. The van der Waals surface area contributed by atoms with Crippen LogP contribution < -0.4 is 5.32 Å². The lowest BCUT2D eigenvalue weighted by Crippen LogP contribution is -2.22. The zero-order valence-electron chi connectivity index (χ0n) is 6.71. The van der Waals surface area contributed by atoms with Gasteiger partial charge in [-0.05, 0) is 44.2 Å². The molecule has 1 N–H and O–H groups in total. The van der Waals surface area contributed by atoms with Crippen LogP contribution in [0, 0.1) is 29.1 Å². The number of nitrogens with zero attached hydrogens (tertiary/aromatic N) is 1. The molecule has 0 amide bonds. The fourth-order valence-corrected chi connectivity index (χ4v) is 2.42. The monoisotopic (exact) mass is 150 g/mol. The van der Waals surface area contributed by atoms with E-state index in [2.05, 4.69) is 11.4 Å². The fourth-order valence-electron chi connectivity index (χ4n) is 2.42. The van der Waals surface area contributed by atoms with Crippen LogP contribution in [0.15, 0.2) is 0 Å². The van der Waals surface area contributed by atoms with Crippen molar-refractivity contribution in [2.75, 3.05) is 13.1 Å². The third kappa shape index (κ3) is 1.25. The molecule has 1 saturated carbocycles. The molecule has 1 heterocycles. The van der Waals surface area contributed by atoms with E-state index in [1.165, 1.54) is 13.0 Å². The van der Waals surface area contributed by atoms with Crippen molar-refractivity contribution in [1.82, 2.24) is 5.32 Å². The topological polar surface area (TPSA) is 35.8 Å². The van der Waals surface area contributed by atoms with Crippen molar-refractivity contribution >= 4 is 0 Å². The highest BCUT2D eigenvalue weighted by Crippen LogP contribution is 2.35. The first-order valence-corrected chi connectivity index (χ1v) is 4.50. The summed E-state index contributed by atoms with van der Waals surface area (Å²) in [7, 11) is 0. The maximum absolute atomic E-state index is 8.74. The van der Waals surface area contributed by atoms with Crippen molar-refractivity contribution in [2.24, 2.45) is 17.8 Å². The van der Waals surface area contributed by atoms with Crippen LogP contribution in [-0.2, 0) is 0 Å². The van der Waals surface area contributed by atoms with Crippen LogP contribution >= 0.6 is 0 Å². The molecule has 0 aromatic rings. The summed E-state index contributed by atoms with van der Waals surface area (Å²) in [4.78, 5) is 0. The molecule has 0 radical (unpaired) electrons. The Hall–Kier alpha value is -0.550. The molecule has 2 rings (SSSR count). The first kappa shape index (κ1) is 7.12. The molecule has 11 heavy (non-hydrogen) atoms. The summed E-state index contributed by atoms with van der Waals surface area (Å²) in [6.07, 6.45) is 3.56. The third-order valence-corrected chi connectivity index (χ3v) is 3.14. The van der Waals surface area contributed by atoms with Crippen LogP contribution in [0.5, 0.6) is 0 Å². The molecule has 0 aromatic heterocycles. The van der Waals surface area contributed by atoms with Crippen molar-refractivity contribution in [2.45, 2.75) is 19.3 Å². The number of fused-ring (bicyclic) bond motifs is 1. The van der Waals surface area contributed by atoms with Crippen molar-refractivity contribution < 1.29 is 0 Å². The normalized spacial score (nSPS) is 43.0. The van der Waals surface area contributed by atoms with Crippen LogP contribution in [0.4, 0.5) is 0 Å². The lowest BCUT2D eigenvalue weighted by molar-refractivity contribution is 0.259. The molecule has 0 bridgehead atoms. The highest BCUT2D eigenvalue weighted by molar-refractivity contribution is 4.94. The first-order valence-electron chi connectivity index (χ1n) is 4.50. The second-order valence-corrected chi connectivity index (χ2v) is 3.82. The SMILES string of the molecule is N#CC1CCC2CNCC2C1. The standard InChI is InChI=1S/C9H14N2/c10-4-7-1-2-8-5-11-6-9(8)3-7/h7-9,11H,1-3,5-6H2. The van der Waals surface area contributed by atoms with Crippen LogP contribution in [0.2, 0.25) is 0 Å². The van der Waals surface area contributed by atoms with Gasteiger partial charge in [0.15, 0.2) is 0 Å². The minimum atomic E-state index is 0.358. The number of hydrogen-bond donors (Lipinski definition) is 1. The van der Waals surface area contributed by atoms with E-state index in [4.69, 9.17) is 5.26 Å². The molecule has 3 atom stereocenters. The minimum absolute atomic E-state index is 0.358. The zero-order valence-corrected chi connectivity index (χ0v) is 6.71. The zero-order chi connectivity index (χ0) is 7.68. The predicted molar refractivity (Wildman–Crippen MR) is 42.8 cm³/mol. The van der Waals surface area contributed by atoms with Gasteiger partial charge in [0.25, 0.3) is 0 Å². The highest BCUT2D eigenvalue weighted by Gasteiger charge is 2.33. The van der Waals surface area contributed by atoms with Gasteiger partial charge in [0, 0.05) is 5.92 Å². The second-order valence-electron chi connectivity index (χ2n) is 3.82. The molecule has 0 aromatic carbocycles. The summed E-state index contributed by atoms with van der Waals surface area (Å²) < 4.78 is 0. The molecule has 2 aliphatic rings. The van der Waals surface area contributed by atoms with Gasteiger partial charge in [-0.25, -0.2) is 0 Å². The smallest absolute Gasteiger partial charge is 0.0655 e. The molecule has 2 heteroatoms. The molecule has 0 spiro atoms. The van der Waals surface area contributed by atoms with E-state index in [-0.39, 0.29) is 0 Å². The Morgan fingerprint density at radius 3 is 2.82 bits per heavy atom. The molecule has 2 fully saturated rings. The lowest BCUT2D eigenvalue weighted by atomic mass is 9.76. The molecule has 1 saturated heterocycles. The molecular formula is C9H14N2. The van der Waals surface area contributed by atoms with E-state index in [0.29, 0.717) is 5.92 Å². The number of nitriles is 1. The fraction of sp³-hybridized carbons (Fsp3) is 0.889. The van der Waals surface area contributed by atoms with Crippen molar-refractivity contribution in [1.29, 1.82) is 5.26 Å². The predicted octanol–water partition coefficient (Wildman–Crippen LogP) is 1.15. The van der Waals surface area contributed by atoms with Crippen molar-refractivity contribution in [3.05, 3.63) is 0 Å². The summed E-state index contributed by atoms with van der Waals surface area (Å²) in [6, 6.07) is 2.39. The summed E-state index contributed by atoms with van der Waals surface area (Å²) >= 11 is 0. The van der Waals surface area contributed by atoms with Crippen molar-refractivity contribution in [3.8, 4) is 6.07 Å². The maximum atomic E-state index is 8.74. The average molecular weight is 150 g/mol. The summed E-state index contributed by atoms with van der Waals surface area (Å²) in [5.41, 5.74) is 0. The molecule has 3 unspecified atom stereocenters. The third-order valence-electron chi connectivity index (χ3n) is 3.14. The van der Waals surface area contributed by atoms with Gasteiger partial charge >= 0.3 is 0 Å². The summed E-state index contributed by atoms with van der Waals surface area (Å²) in [6.45, 7) is 2.35. The van der Waals surface area contributed by atoms with E-state index >= 15 is 0 Å². The molecular weight excluding hydrogens is 136 g/mol. The van der Waals surface area contributed by atoms with Gasteiger partial charge in [0.2, 0.25) is 0 Å². The molecule has 60 valence electrons. The minimum Gasteiger partial charge on any atom is -0.316 e. The van der Waals surface area contributed by atoms with Gasteiger partial charge in [-0.3, -0.25) is 0 Å². The second kappa shape index (κ2) is 2.83. The first-order chi connectivity index (χ1) is 5.40. The largest absolute Gasteiger partial charge is 0.316 e. The van der Waals surface area contributed by atoms with Gasteiger partial charge in [0.05, 0.1) is 6.07 Å². The lowest BCUT2D eigenvalue weighted by Gasteiger charge is -2.26. The van der Waals surface area contributed by atoms with E-state index in [9.17, 15) is 0 Å². The quantitative estimate of drug-likeness (QED) is 0.562. The Labute approximate surface area is 67.6 Å². The van der Waals surface area contributed by atoms with E-state index in [1.807, 2.05) is 0 Å². The van der Waals surface area contributed by atoms with Gasteiger partial charge in [-0.1, -0.05) is 0 Å². The summed E-state index contributed by atoms with van der Waals surface area (Å²) in [5, 5.41) is 12.1. The Balaban J connectivity index is 1.97.